The fourth-order valence-corrected chi connectivity index (χ4v) is 2.28. The molecule has 0 aromatic rings. The number of amidine groups is 1. The SMILES string of the molecule is CC1CN=C(NC(C)C(=O)NC(C)C)SC1. The van der Waals surface area contributed by atoms with Gasteiger partial charge in [-0.05, 0) is 26.7 Å². The van der Waals surface area contributed by atoms with Crippen LogP contribution in [0.4, 0.5) is 0 Å². The molecule has 0 spiro atoms. The Morgan fingerprint density at radius 1 is 1.50 bits per heavy atom. The van der Waals surface area contributed by atoms with Crippen LogP contribution in [0.2, 0.25) is 0 Å². The van der Waals surface area contributed by atoms with E-state index in [1.54, 1.807) is 11.8 Å². The number of hydrogen-bond acceptors (Lipinski definition) is 4. The van der Waals surface area contributed by atoms with Crippen LogP contribution in [0.25, 0.3) is 0 Å². The van der Waals surface area contributed by atoms with Gasteiger partial charge in [-0.3, -0.25) is 9.79 Å². The van der Waals surface area contributed by atoms with Crippen molar-refractivity contribution >= 4 is 22.8 Å². The molecule has 0 aliphatic carbocycles. The number of thioether (sulfide) groups is 1. The van der Waals surface area contributed by atoms with Crippen molar-refractivity contribution < 1.29 is 4.79 Å². The number of hydrogen-bond donors (Lipinski definition) is 2. The third-order valence-corrected chi connectivity index (χ3v) is 3.47. The molecule has 0 aromatic carbocycles. The molecule has 5 heteroatoms. The minimum absolute atomic E-state index is 0.0249. The first kappa shape index (κ1) is 13.4. The van der Waals surface area contributed by atoms with Gasteiger partial charge in [0, 0.05) is 18.3 Å². The average Bonchev–Trinajstić information content (AvgIpc) is 2.20. The quantitative estimate of drug-likeness (QED) is 0.784. The molecule has 92 valence electrons. The summed E-state index contributed by atoms with van der Waals surface area (Å²) in [5.41, 5.74) is 0. The van der Waals surface area contributed by atoms with Crippen LogP contribution in [0, 0.1) is 5.92 Å². The van der Waals surface area contributed by atoms with Gasteiger partial charge in [-0.25, -0.2) is 0 Å². The lowest BCUT2D eigenvalue weighted by molar-refractivity contribution is -0.122. The highest BCUT2D eigenvalue weighted by atomic mass is 32.2. The number of nitrogens with one attached hydrogen (secondary N) is 2. The Kier molecular flexibility index (Phi) is 5.12. The van der Waals surface area contributed by atoms with Crippen LogP contribution < -0.4 is 10.6 Å². The van der Waals surface area contributed by atoms with Gasteiger partial charge in [0.25, 0.3) is 0 Å². The smallest absolute Gasteiger partial charge is 0.242 e. The molecule has 1 aliphatic rings. The molecule has 1 heterocycles. The van der Waals surface area contributed by atoms with Crippen molar-refractivity contribution in [1.29, 1.82) is 0 Å². The average molecular weight is 243 g/mol. The summed E-state index contributed by atoms with van der Waals surface area (Å²) in [6, 6.07) is -0.0419. The lowest BCUT2D eigenvalue weighted by atomic mass is 10.2. The molecule has 0 bridgehead atoms. The number of aliphatic imine (C=N–C) groups is 1. The molecule has 1 amide bonds. The van der Waals surface area contributed by atoms with E-state index < -0.39 is 0 Å². The second-order valence-corrected chi connectivity index (χ2v) is 5.60. The molecule has 0 saturated carbocycles. The Hall–Kier alpha value is -0.710. The molecule has 2 atom stereocenters. The monoisotopic (exact) mass is 243 g/mol. The third-order valence-electron chi connectivity index (χ3n) is 2.22. The number of carbonyl (C=O) groups is 1. The van der Waals surface area contributed by atoms with Crippen LogP contribution in [-0.4, -0.2) is 35.5 Å². The number of carbonyl (C=O) groups excluding carboxylic acids is 1. The summed E-state index contributed by atoms with van der Waals surface area (Å²) >= 11 is 1.69. The van der Waals surface area contributed by atoms with Crippen molar-refractivity contribution in [1.82, 2.24) is 10.6 Å². The highest BCUT2D eigenvalue weighted by Gasteiger charge is 2.18. The predicted molar refractivity (Wildman–Crippen MR) is 69.8 cm³/mol. The third kappa shape index (κ3) is 4.43. The van der Waals surface area contributed by atoms with Gasteiger partial charge < -0.3 is 10.6 Å². The van der Waals surface area contributed by atoms with Gasteiger partial charge in [0.1, 0.15) is 6.04 Å². The number of nitrogens with zero attached hydrogens (tertiary/aromatic N) is 1. The minimum Gasteiger partial charge on any atom is -0.353 e. The maximum absolute atomic E-state index is 11.7. The van der Waals surface area contributed by atoms with Crippen LogP contribution in [0.5, 0.6) is 0 Å². The topological polar surface area (TPSA) is 53.5 Å². The molecule has 0 radical (unpaired) electrons. The Morgan fingerprint density at radius 2 is 2.19 bits per heavy atom. The molecule has 2 N–H and O–H groups in total. The summed E-state index contributed by atoms with van der Waals surface area (Å²) < 4.78 is 0. The first-order chi connectivity index (χ1) is 7.49. The molecule has 4 nitrogen and oxygen atoms in total. The molecular formula is C11H21N3OS. The molecule has 1 aliphatic heterocycles. The Bertz CT molecular complexity index is 278. The Morgan fingerprint density at radius 3 is 2.69 bits per heavy atom. The van der Waals surface area contributed by atoms with E-state index in [-0.39, 0.29) is 18.0 Å². The van der Waals surface area contributed by atoms with Gasteiger partial charge >= 0.3 is 0 Å². The number of amides is 1. The maximum atomic E-state index is 11.7. The zero-order chi connectivity index (χ0) is 12.1. The van der Waals surface area contributed by atoms with Crippen LogP contribution >= 0.6 is 11.8 Å². The fraction of sp³-hybridized carbons (Fsp3) is 0.818. The summed E-state index contributed by atoms with van der Waals surface area (Å²) in [5, 5.41) is 6.91. The van der Waals surface area contributed by atoms with Crippen LogP contribution in [-0.2, 0) is 4.79 Å². The van der Waals surface area contributed by atoms with Crippen molar-refractivity contribution in [2.45, 2.75) is 39.8 Å². The van der Waals surface area contributed by atoms with E-state index in [4.69, 9.17) is 0 Å². The zero-order valence-electron chi connectivity index (χ0n) is 10.4. The highest BCUT2D eigenvalue weighted by Crippen LogP contribution is 2.15. The lowest BCUT2D eigenvalue weighted by Crippen LogP contribution is -2.46. The normalized spacial score (nSPS) is 22.6. The van der Waals surface area contributed by atoms with Crippen LogP contribution in [0.1, 0.15) is 27.7 Å². The van der Waals surface area contributed by atoms with Crippen molar-refractivity contribution in [2.24, 2.45) is 10.9 Å². The maximum Gasteiger partial charge on any atom is 0.242 e. The van der Waals surface area contributed by atoms with E-state index in [9.17, 15) is 4.79 Å². The summed E-state index contributed by atoms with van der Waals surface area (Å²) in [5.74, 6) is 1.73. The standard InChI is InChI=1S/C11H21N3OS/c1-7(2)13-10(15)9(4)14-11-12-5-8(3)6-16-11/h7-9H,5-6H2,1-4H3,(H,12,14)(H,13,15). The Balaban J connectivity index is 2.39. The largest absolute Gasteiger partial charge is 0.353 e. The van der Waals surface area contributed by atoms with Gasteiger partial charge in [-0.15, -0.1) is 0 Å². The van der Waals surface area contributed by atoms with Gasteiger partial charge in [0.15, 0.2) is 5.17 Å². The van der Waals surface area contributed by atoms with E-state index >= 15 is 0 Å². The van der Waals surface area contributed by atoms with Crippen molar-refractivity contribution in [3.05, 3.63) is 0 Å². The predicted octanol–water partition coefficient (Wildman–Crippen LogP) is 1.23. The second kappa shape index (κ2) is 6.13. The molecule has 1 rings (SSSR count). The van der Waals surface area contributed by atoms with Gasteiger partial charge in [-0.2, -0.15) is 0 Å². The van der Waals surface area contributed by atoms with Crippen LogP contribution in [0.15, 0.2) is 4.99 Å². The summed E-state index contributed by atoms with van der Waals surface area (Å²) in [6.07, 6.45) is 0. The first-order valence-corrected chi connectivity index (χ1v) is 6.71. The van der Waals surface area contributed by atoms with E-state index in [1.807, 2.05) is 20.8 Å². The van der Waals surface area contributed by atoms with E-state index in [1.165, 1.54) is 0 Å². The molecule has 16 heavy (non-hydrogen) atoms. The molecule has 2 unspecified atom stereocenters. The Labute approximate surface area is 102 Å². The second-order valence-electron chi connectivity index (χ2n) is 4.59. The van der Waals surface area contributed by atoms with E-state index in [0.29, 0.717) is 5.92 Å². The van der Waals surface area contributed by atoms with Crippen LogP contribution in [0.3, 0.4) is 0 Å². The molecular weight excluding hydrogens is 222 g/mol. The van der Waals surface area contributed by atoms with Crippen molar-refractivity contribution in [2.75, 3.05) is 12.3 Å². The lowest BCUT2D eigenvalue weighted by Gasteiger charge is -2.21. The first-order valence-electron chi connectivity index (χ1n) is 5.73. The van der Waals surface area contributed by atoms with Gasteiger partial charge in [-0.1, -0.05) is 18.7 Å². The van der Waals surface area contributed by atoms with E-state index in [2.05, 4.69) is 22.5 Å². The van der Waals surface area contributed by atoms with Crippen molar-refractivity contribution in [3.63, 3.8) is 0 Å². The zero-order valence-corrected chi connectivity index (χ0v) is 11.2. The number of rotatable bonds is 3. The summed E-state index contributed by atoms with van der Waals surface area (Å²) in [4.78, 5) is 16.1. The molecule has 0 saturated heterocycles. The fourth-order valence-electron chi connectivity index (χ4n) is 1.31. The van der Waals surface area contributed by atoms with Gasteiger partial charge in [0.05, 0.1) is 0 Å². The minimum atomic E-state index is -0.220. The summed E-state index contributed by atoms with van der Waals surface area (Å²) in [6.45, 7) is 8.81. The van der Waals surface area contributed by atoms with Crippen molar-refractivity contribution in [3.8, 4) is 0 Å². The van der Waals surface area contributed by atoms with E-state index in [0.717, 1.165) is 17.5 Å². The van der Waals surface area contributed by atoms with Gasteiger partial charge in [0.2, 0.25) is 5.91 Å². The molecule has 0 aromatic heterocycles. The highest BCUT2D eigenvalue weighted by molar-refractivity contribution is 8.13. The summed E-state index contributed by atoms with van der Waals surface area (Å²) in [7, 11) is 0. The molecule has 0 fully saturated rings.